The Kier molecular flexibility index (Phi) is 5.34. The summed E-state index contributed by atoms with van der Waals surface area (Å²) in [5.74, 6) is 0.0454. The van der Waals surface area contributed by atoms with Crippen molar-refractivity contribution in [3.05, 3.63) is 16.9 Å². The topological polar surface area (TPSA) is 59.0 Å². The van der Waals surface area contributed by atoms with Crippen molar-refractivity contribution in [2.24, 2.45) is 5.41 Å². The summed E-state index contributed by atoms with van der Waals surface area (Å²) in [6.45, 7) is 7.34. The third-order valence-corrected chi connectivity index (χ3v) is 3.21. The summed E-state index contributed by atoms with van der Waals surface area (Å²) < 4.78 is 2.84. The predicted octanol–water partition coefficient (Wildman–Crippen LogP) is 1.40. The molecule has 0 aliphatic heterocycles. The number of carbonyl (C=O) groups is 1. The van der Waals surface area contributed by atoms with Gasteiger partial charge in [0.1, 0.15) is 0 Å². The quantitative estimate of drug-likeness (QED) is 0.834. The Morgan fingerprint density at radius 1 is 1.61 bits per heavy atom. The molecule has 0 aliphatic carbocycles. The number of hydrogen-bond acceptors (Lipinski definition) is 3. The molecule has 6 heteroatoms. The first kappa shape index (κ1) is 15.2. The molecule has 1 rings (SSSR count). The van der Waals surface area contributed by atoms with Crippen molar-refractivity contribution >= 4 is 21.8 Å². The van der Waals surface area contributed by atoms with Crippen LogP contribution in [0.3, 0.4) is 0 Å². The monoisotopic (exact) mass is 316 g/mol. The van der Waals surface area contributed by atoms with Crippen molar-refractivity contribution in [1.29, 1.82) is 0 Å². The standard InChI is InChI=1S/C12H21BrN4O/c1-9(6-17-7-10(13)5-16-17)15-8-12(2,3)11(18)14-4/h5,7,9,15H,6,8H2,1-4H3,(H,14,18)/t9-/m1/s1. The van der Waals surface area contributed by atoms with Crippen LogP contribution in [0.4, 0.5) is 0 Å². The van der Waals surface area contributed by atoms with Gasteiger partial charge >= 0.3 is 0 Å². The maximum absolute atomic E-state index is 11.6. The Morgan fingerprint density at radius 3 is 2.78 bits per heavy atom. The first-order valence-corrected chi connectivity index (χ1v) is 6.78. The van der Waals surface area contributed by atoms with Gasteiger partial charge in [-0.05, 0) is 36.7 Å². The highest BCUT2D eigenvalue weighted by molar-refractivity contribution is 9.10. The summed E-state index contributed by atoms with van der Waals surface area (Å²) in [7, 11) is 1.66. The van der Waals surface area contributed by atoms with E-state index in [2.05, 4.69) is 38.6 Å². The third-order valence-electron chi connectivity index (χ3n) is 2.80. The Morgan fingerprint density at radius 2 is 2.28 bits per heavy atom. The van der Waals surface area contributed by atoms with Crippen molar-refractivity contribution in [3.63, 3.8) is 0 Å². The lowest BCUT2D eigenvalue weighted by atomic mass is 9.92. The Balaban J connectivity index is 2.41. The van der Waals surface area contributed by atoms with Gasteiger partial charge in [-0.2, -0.15) is 5.10 Å². The van der Waals surface area contributed by atoms with E-state index in [0.717, 1.165) is 11.0 Å². The highest BCUT2D eigenvalue weighted by Crippen LogP contribution is 2.13. The van der Waals surface area contributed by atoms with Gasteiger partial charge in [-0.1, -0.05) is 0 Å². The summed E-state index contributed by atoms with van der Waals surface area (Å²) in [4.78, 5) is 11.6. The second kappa shape index (κ2) is 6.33. The number of hydrogen-bond donors (Lipinski definition) is 2. The minimum Gasteiger partial charge on any atom is -0.359 e. The highest BCUT2D eigenvalue weighted by Gasteiger charge is 2.26. The molecule has 1 heterocycles. The molecular weight excluding hydrogens is 296 g/mol. The Labute approximate surface area is 116 Å². The number of carbonyl (C=O) groups excluding carboxylic acids is 1. The van der Waals surface area contributed by atoms with Gasteiger partial charge in [-0.25, -0.2) is 0 Å². The lowest BCUT2D eigenvalue weighted by Gasteiger charge is -2.25. The summed E-state index contributed by atoms with van der Waals surface area (Å²) in [5.41, 5.74) is -0.409. The van der Waals surface area contributed by atoms with Crippen LogP contribution in [0.1, 0.15) is 20.8 Å². The zero-order valence-corrected chi connectivity index (χ0v) is 12.9. The lowest BCUT2D eigenvalue weighted by molar-refractivity contribution is -0.128. The SMILES string of the molecule is CNC(=O)C(C)(C)CN[C@H](C)Cn1cc(Br)cn1. The van der Waals surface area contributed by atoms with Crippen molar-refractivity contribution < 1.29 is 4.79 Å². The van der Waals surface area contributed by atoms with Crippen LogP contribution in [0.15, 0.2) is 16.9 Å². The molecule has 0 fully saturated rings. The zero-order chi connectivity index (χ0) is 13.8. The molecule has 0 saturated heterocycles. The molecule has 0 bridgehead atoms. The van der Waals surface area contributed by atoms with Crippen LogP contribution < -0.4 is 10.6 Å². The fourth-order valence-electron chi connectivity index (χ4n) is 1.63. The molecule has 0 aliphatic rings. The molecule has 1 aromatic heterocycles. The second-order valence-electron chi connectivity index (χ2n) is 5.13. The zero-order valence-electron chi connectivity index (χ0n) is 11.3. The maximum Gasteiger partial charge on any atom is 0.226 e. The van der Waals surface area contributed by atoms with E-state index in [1.165, 1.54) is 0 Å². The molecule has 5 nitrogen and oxygen atoms in total. The van der Waals surface area contributed by atoms with Gasteiger partial charge < -0.3 is 10.6 Å². The number of nitrogens with zero attached hydrogens (tertiary/aromatic N) is 2. The van der Waals surface area contributed by atoms with E-state index >= 15 is 0 Å². The van der Waals surface area contributed by atoms with Crippen LogP contribution in [0.5, 0.6) is 0 Å². The van der Waals surface area contributed by atoms with Gasteiger partial charge in [0, 0.05) is 25.8 Å². The minimum absolute atomic E-state index is 0.0454. The lowest BCUT2D eigenvalue weighted by Crippen LogP contribution is -2.45. The molecule has 0 unspecified atom stereocenters. The Hall–Kier alpha value is -0.880. The molecule has 0 aromatic carbocycles. The van der Waals surface area contributed by atoms with E-state index < -0.39 is 5.41 Å². The van der Waals surface area contributed by atoms with E-state index in [1.54, 1.807) is 13.2 Å². The average molecular weight is 317 g/mol. The van der Waals surface area contributed by atoms with E-state index in [4.69, 9.17) is 0 Å². The molecule has 0 radical (unpaired) electrons. The molecule has 1 amide bonds. The third kappa shape index (κ3) is 4.42. The van der Waals surface area contributed by atoms with Gasteiger partial charge in [0.15, 0.2) is 0 Å². The van der Waals surface area contributed by atoms with E-state index in [9.17, 15) is 4.79 Å². The molecule has 0 spiro atoms. The van der Waals surface area contributed by atoms with E-state index in [1.807, 2.05) is 24.7 Å². The smallest absolute Gasteiger partial charge is 0.226 e. The fourth-order valence-corrected chi connectivity index (χ4v) is 1.96. The molecule has 102 valence electrons. The van der Waals surface area contributed by atoms with Crippen LogP contribution in [0.25, 0.3) is 0 Å². The van der Waals surface area contributed by atoms with Gasteiger partial charge in [0.2, 0.25) is 5.91 Å². The van der Waals surface area contributed by atoms with Crippen LogP contribution in [0, 0.1) is 5.41 Å². The number of amides is 1. The highest BCUT2D eigenvalue weighted by atomic mass is 79.9. The molecule has 1 aromatic rings. The summed E-state index contributed by atoms with van der Waals surface area (Å²) in [6.07, 6.45) is 3.70. The summed E-state index contributed by atoms with van der Waals surface area (Å²) in [6, 6.07) is 0.251. The van der Waals surface area contributed by atoms with Crippen molar-refractivity contribution in [2.45, 2.75) is 33.4 Å². The van der Waals surface area contributed by atoms with Crippen molar-refractivity contribution in [2.75, 3.05) is 13.6 Å². The molecule has 1 atom stereocenters. The number of aromatic nitrogens is 2. The maximum atomic E-state index is 11.6. The molecule has 2 N–H and O–H groups in total. The van der Waals surface area contributed by atoms with Gasteiger partial charge in [-0.15, -0.1) is 0 Å². The molecular formula is C12H21BrN4O. The van der Waals surface area contributed by atoms with Crippen LogP contribution in [0.2, 0.25) is 0 Å². The van der Waals surface area contributed by atoms with Gasteiger partial charge in [0.25, 0.3) is 0 Å². The molecule has 18 heavy (non-hydrogen) atoms. The number of rotatable bonds is 6. The fraction of sp³-hybridized carbons (Fsp3) is 0.667. The minimum atomic E-state index is -0.409. The van der Waals surface area contributed by atoms with Crippen molar-refractivity contribution in [3.8, 4) is 0 Å². The first-order valence-electron chi connectivity index (χ1n) is 5.98. The van der Waals surface area contributed by atoms with Crippen molar-refractivity contribution in [1.82, 2.24) is 20.4 Å². The number of nitrogens with one attached hydrogen (secondary N) is 2. The largest absolute Gasteiger partial charge is 0.359 e. The summed E-state index contributed by atoms with van der Waals surface area (Å²) >= 11 is 3.36. The van der Waals surface area contributed by atoms with Crippen LogP contribution in [-0.2, 0) is 11.3 Å². The predicted molar refractivity (Wildman–Crippen MR) is 75.2 cm³/mol. The Bertz CT molecular complexity index is 403. The van der Waals surface area contributed by atoms with Gasteiger partial charge in [-0.3, -0.25) is 9.48 Å². The normalized spacial score (nSPS) is 13.4. The molecule has 0 saturated carbocycles. The van der Waals surface area contributed by atoms with Gasteiger partial charge in [0.05, 0.1) is 22.6 Å². The van der Waals surface area contributed by atoms with E-state index in [0.29, 0.717) is 6.54 Å². The second-order valence-corrected chi connectivity index (χ2v) is 6.04. The average Bonchev–Trinajstić information content (AvgIpc) is 2.71. The van der Waals surface area contributed by atoms with Crippen LogP contribution >= 0.6 is 15.9 Å². The summed E-state index contributed by atoms with van der Waals surface area (Å²) in [5, 5.41) is 10.2. The van der Waals surface area contributed by atoms with Crippen LogP contribution in [-0.4, -0.2) is 35.3 Å². The van der Waals surface area contributed by atoms with E-state index in [-0.39, 0.29) is 11.9 Å². The number of halogens is 1. The first-order chi connectivity index (χ1) is 8.35.